The number of imidazole rings is 1. The summed E-state index contributed by atoms with van der Waals surface area (Å²) in [6, 6.07) is 0. The summed E-state index contributed by atoms with van der Waals surface area (Å²) in [5.74, 6) is 0.274. The highest BCUT2D eigenvalue weighted by Crippen LogP contribution is 2.19. The van der Waals surface area contributed by atoms with Gasteiger partial charge in [-0.15, -0.1) is 0 Å². The molecule has 1 aromatic heterocycles. The van der Waals surface area contributed by atoms with Crippen LogP contribution in [0.25, 0.3) is 0 Å². The quantitative estimate of drug-likeness (QED) is 0.795. The van der Waals surface area contributed by atoms with Crippen molar-refractivity contribution in [1.29, 1.82) is 0 Å². The van der Waals surface area contributed by atoms with Crippen LogP contribution in [0.1, 0.15) is 19.7 Å². The molecule has 0 saturated heterocycles. The molecule has 7 heteroatoms. The lowest BCUT2D eigenvalue weighted by Gasteiger charge is -2.29. The fourth-order valence-electron chi connectivity index (χ4n) is 1.84. The molecule has 0 spiro atoms. The Morgan fingerprint density at radius 2 is 2.11 bits per heavy atom. The van der Waals surface area contributed by atoms with E-state index in [1.807, 2.05) is 6.92 Å². The van der Waals surface area contributed by atoms with Crippen molar-refractivity contribution in [3.8, 4) is 0 Å². The highest BCUT2D eigenvalue weighted by Gasteiger charge is 2.38. The van der Waals surface area contributed by atoms with Crippen molar-refractivity contribution in [2.24, 2.45) is 0 Å². The largest absolute Gasteiger partial charge is 0.467 e. The number of nitrogens with one attached hydrogen (secondary N) is 1. The molecule has 0 saturated carbocycles. The zero-order chi connectivity index (χ0) is 14.5. The highest BCUT2D eigenvalue weighted by molar-refractivity contribution is 5.79. The second-order valence-corrected chi connectivity index (χ2v) is 4.18. The lowest BCUT2D eigenvalue weighted by Crippen LogP contribution is -2.49. The van der Waals surface area contributed by atoms with E-state index in [1.54, 1.807) is 23.9 Å². The van der Waals surface area contributed by atoms with Crippen LogP contribution in [0.4, 0.5) is 4.79 Å². The van der Waals surface area contributed by atoms with Gasteiger partial charge in [0.15, 0.2) is 5.54 Å². The number of hydrogen-bond acceptors (Lipinski definition) is 5. The van der Waals surface area contributed by atoms with E-state index in [2.05, 4.69) is 15.0 Å². The van der Waals surface area contributed by atoms with E-state index in [9.17, 15) is 9.59 Å². The average molecular weight is 269 g/mol. The molecule has 0 aliphatic rings. The molecule has 1 heterocycles. The minimum absolute atomic E-state index is 0.0513. The van der Waals surface area contributed by atoms with Gasteiger partial charge in [-0.05, 0) is 6.92 Å². The van der Waals surface area contributed by atoms with Crippen LogP contribution in [0.15, 0.2) is 12.4 Å². The van der Waals surface area contributed by atoms with Crippen LogP contribution in [-0.4, -0.2) is 42.4 Å². The molecule has 7 nitrogen and oxygen atoms in total. The standard InChI is InChI=1S/C12H19N3O4/c1-5-9-13-6-7-15(9)12(2,10(16)18-3)8-14-11(17)19-4/h6-7H,5,8H2,1-4H3,(H,14,17)/t12-/m0/s1. The van der Waals surface area contributed by atoms with Crippen molar-refractivity contribution in [1.82, 2.24) is 14.9 Å². The first-order valence-corrected chi connectivity index (χ1v) is 5.92. The molecule has 1 aromatic rings. The van der Waals surface area contributed by atoms with E-state index in [-0.39, 0.29) is 6.54 Å². The molecule has 106 valence electrons. The summed E-state index contributed by atoms with van der Waals surface area (Å²) in [7, 11) is 2.57. The van der Waals surface area contributed by atoms with Crippen LogP contribution in [-0.2, 0) is 26.2 Å². The van der Waals surface area contributed by atoms with Crippen LogP contribution >= 0.6 is 0 Å². The van der Waals surface area contributed by atoms with Gasteiger partial charge in [-0.3, -0.25) is 0 Å². The van der Waals surface area contributed by atoms with Gasteiger partial charge in [-0.1, -0.05) is 6.92 Å². The second kappa shape index (κ2) is 6.21. The summed E-state index contributed by atoms with van der Waals surface area (Å²) in [6.45, 7) is 3.66. The molecular formula is C12H19N3O4. The smallest absolute Gasteiger partial charge is 0.406 e. The third-order valence-corrected chi connectivity index (χ3v) is 2.95. The Hall–Kier alpha value is -2.05. The number of amides is 1. The number of esters is 1. The van der Waals surface area contributed by atoms with Crippen LogP contribution in [0, 0.1) is 0 Å². The van der Waals surface area contributed by atoms with E-state index in [1.165, 1.54) is 14.2 Å². The van der Waals surface area contributed by atoms with E-state index in [0.717, 1.165) is 5.82 Å². The van der Waals surface area contributed by atoms with Crippen molar-refractivity contribution in [3.63, 3.8) is 0 Å². The van der Waals surface area contributed by atoms with Crippen LogP contribution < -0.4 is 5.32 Å². The van der Waals surface area contributed by atoms with Crippen molar-refractivity contribution < 1.29 is 19.1 Å². The second-order valence-electron chi connectivity index (χ2n) is 4.18. The molecule has 0 unspecified atom stereocenters. The fourth-order valence-corrected chi connectivity index (χ4v) is 1.84. The summed E-state index contributed by atoms with van der Waals surface area (Å²) in [5, 5.41) is 2.52. The summed E-state index contributed by atoms with van der Waals surface area (Å²) >= 11 is 0. The number of ether oxygens (including phenoxy) is 2. The minimum atomic E-state index is -1.06. The van der Waals surface area contributed by atoms with Crippen LogP contribution in [0.5, 0.6) is 0 Å². The normalized spacial score (nSPS) is 13.5. The van der Waals surface area contributed by atoms with Gasteiger partial charge in [-0.2, -0.15) is 0 Å². The third-order valence-electron chi connectivity index (χ3n) is 2.95. The maximum atomic E-state index is 12.0. The topological polar surface area (TPSA) is 82.5 Å². The molecule has 0 aliphatic carbocycles. The molecule has 19 heavy (non-hydrogen) atoms. The van der Waals surface area contributed by atoms with Gasteiger partial charge in [-0.25, -0.2) is 14.6 Å². The third kappa shape index (κ3) is 3.04. The predicted molar refractivity (Wildman–Crippen MR) is 67.7 cm³/mol. The molecule has 0 aromatic carbocycles. The van der Waals surface area contributed by atoms with Gasteiger partial charge in [0.2, 0.25) is 0 Å². The monoisotopic (exact) mass is 269 g/mol. The Balaban J connectivity index is 3.06. The van der Waals surface area contributed by atoms with Crippen LogP contribution in [0.2, 0.25) is 0 Å². The molecule has 0 fully saturated rings. The number of aromatic nitrogens is 2. The van der Waals surface area contributed by atoms with Gasteiger partial charge >= 0.3 is 12.1 Å². The Labute approximate surface area is 111 Å². The fraction of sp³-hybridized carbons (Fsp3) is 0.583. The summed E-state index contributed by atoms with van der Waals surface area (Å²) in [6.07, 6.45) is 3.36. The Morgan fingerprint density at radius 3 is 2.63 bits per heavy atom. The number of methoxy groups -OCH3 is 2. The lowest BCUT2D eigenvalue weighted by atomic mass is 10.0. The van der Waals surface area contributed by atoms with Crippen molar-refractivity contribution in [3.05, 3.63) is 18.2 Å². The molecule has 1 N–H and O–H groups in total. The summed E-state index contributed by atoms with van der Waals surface area (Å²) < 4.78 is 11.0. The van der Waals surface area contributed by atoms with Crippen molar-refractivity contribution in [2.75, 3.05) is 20.8 Å². The summed E-state index contributed by atoms with van der Waals surface area (Å²) in [4.78, 5) is 27.4. The maximum absolute atomic E-state index is 12.0. The van der Waals surface area contributed by atoms with E-state index in [4.69, 9.17) is 4.74 Å². The molecule has 1 rings (SSSR count). The molecule has 0 aliphatic heterocycles. The van der Waals surface area contributed by atoms with Crippen molar-refractivity contribution in [2.45, 2.75) is 25.8 Å². The SMILES string of the molecule is CCc1nccn1[C@@](C)(CNC(=O)OC)C(=O)OC. The number of carbonyl (C=O) groups excluding carboxylic acids is 2. The first kappa shape index (κ1) is 15.0. The lowest BCUT2D eigenvalue weighted by molar-refractivity contribution is -0.150. The summed E-state index contributed by atoms with van der Waals surface area (Å²) in [5.41, 5.74) is -1.06. The zero-order valence-corrected chi connectivity index (χ0v) is 11.6. The van der Waals surface area contributed by atoms with Crippen LogP contribution in [0.3, 0.4) is 0 Å². The molecule has 0 radical (unpaired) electrons. The zero-order valence-electron chi connectivity index (χ0n) is 11.6. The number of hydrogen-bond donors (Lipinski definition) is 1. The van der Waals surface area contributed by atoms with Gasteiger partial charge in [0.05, 0.1) is 20.8 Å². The van der Waals surface area contributed by atoms with E-state index >= 15 is 0 Å². The Bertz CT molecular complexity index is 458. The highest BCUT2D eigenvalue weighted by atomic mass is 16.5. The number of rotatable bonds is 5. The number of aryl methyl sites for hydroxylation is 1. The predicted octanol–water partition coefficient (Wildman–Crippen LogP) is 0.690. The number of nitrogens with zero attached hydrogens (tertiary/aromatic N) is 2. The van der Waals surface area contributed by atoms with Crippen molar-refractivity contribution >= 4 is 12.1 Å². The Kier molecular flexibility index (Phi) is 4.91. The molecule has 1 atom stereocenters. The van der Waals surface area contributed by atoms with E-state index in [0.29, 0.717) is 6.42 Å². The molecule has 1 amide bonds. The van der Waals surface area contributed by atoms with Gasteiger partial charge < -0.3 is 19.4 Å². The molecule has 0 bridgehead atoms. The van der Waals surface area contributed by atoms with Gasteiger partial charge in [0, 0.05) is 18.8 Å². The van der Waals surface area contributed by atoms with Gasteiger partial charge in [0.25, 0.3) is 0 Å². The first-order valence-electron chi connectivity index (χ1n) is 5.92. The number of carbonyl (C=O) groups is 2. The maximum Gasteiger partial charge on any atom is 0.406 e. The molecular weight excluding hydrogens is 250 g/mol. The van der Waals surface area contributed by atoms with Gasteiger partial charge in [0.1, 0.15) is 5.82 Å². The first-order chi connectivity index (χ1) is 8.99. The average Bonchev–Trinajstić information content (AvgIpc) is 2.92. The van der Waals surface area contributed by atoms with E-state index < -0.39 is 17.6 Å². The minimum Gasteiger partial charge on any atom is -0.467 e. The Morgan fingerprint density at radius 1 is 1.42 bits per heavy atom. The number of alkyl carbamates (subject to hydrolysis) is 1.